The van der Waals surface area contributed by atoms with Gasteiger partial charge in [0.1, 0.15) is 11.6 Å². The summed E-state index contributed by atoms with van der Waals surface area (Å²) in [4.78, 5) is 18.8. The van der Waals surface area contributed by atoms with E-state index in [1.807, 2.05) is 43.3 Å². The summed E-state index contributed by atoms with van der Waals surface area (Å²) < 4.78 is 5.48. The number of hydrogen-bond donors (Lipinski definition) is 1. The van der Waals surface area contributed by atoms with E-state index in [0.717, 1.165) is 30.4 Å². The molecule has 25 heavy (non-hydrogen) atoms. The largest absolute Gasteiger partial charge is 0.484 e. The maximum absolute atomic E-state index is 12.0. The first-order chi connectivity index (χ1) is 12.1. The zero-order chi connectivity index (χ0) is 17.6. The van der Waals surface area contributed by atoms with E-state index in [0.29, 0.717) is 11.4 Å². The molecule has 0 aliphatic carbocycles. The molecule has 0 unspecified atom stereocenters. The van der Waals surface area contributed by atoms with Crippen LogP contribution < -0.4 is 15.0 Å². The molecule has 1 amide bonds. The standard InChI is InChI=1S/C20H25N3O2/c1-15-3-6-18(7-4-15)25-14-20(24)22-17-5-8-19(21-13-17)23-11-9-16(2)10-12-23/h3-8,13,16H,9-12,14H2,1-2H3,(H,22,24). The predicted molar refractivity (Wildman–Crippen MR) is 100 cm³/mol. The zero-order valence-electron chi connectivity index (χ0n) is 14.9. The fraction of sp³-hybridized carbons (Fsp3) is 0.400. The Morgan fingerprint density at radius 1 is 1.20 bits per heavy atom. The Kier molecular flexibility index (Phi) is 5.53. The van der Waals surface area contributed by atoms with Crippen LogP contribution in [0.4, 0.5) is 11.5 Å². The van der Waals surface area contributed by atoms with E-state index in [9.17, 15) is 4.79 Å². The van der Waals surface area contributed by atoms with E-state index in [2.05, 4.69) is 22.1 Å². The van der Waals surface area contributed by atoms with Crippen molar-refractivity contribution >= 4 is 17.4 Å². The molecule has 0 atom stereocenters. The number of nitrogens with one attached hydrogen (secondary N) is 1. The Morgan fingerprint density at radius 3 is 2.56 bits per heavy atom. The van der Waals surface area contributed by atoms with Crippen molar-refractivity contribution in [1.82, 2.24) is 4.98 Å². The van der Waals surface area contributed by atoms with Gasteiger partial charge in [0.15, 0.2) is 6.61 Å². The number of carbonyl (C=O) groups excluding carboxylic acids is 1. The lowest BCUT2D eigenvalue weighted by atomic mass is 9.99. The summed E-state index contributed by atoms with van der Waals surface area (Å²) in [6.45, 7) is 6.38. The number of anilines is 2. The highest BCUT2D eigenvalue weighted by molar-refractivity contribution is 5.91. The number of carbonyl (C=O) groups is 1. The smallest absolute Gasteiger partial charge is 0.262 e. The molecule has 1 fully saturated rings. The van der Waals surface area contributed by atoms with Gasteiger partial charge in [-0.1, -0.05) is 24.6 Å². The van der Waals surface area contributed by atoms with E-state index in [1.54, 1.807) is 6.20 Å². The number of piperidine rings is 1. The van der Waals surface area contributed by atoms with Crippen molar-refractivity contribution < 1.29 is 9.53 Å². The van der Waals surface area contributed by atoms with Gasteiger partial charge in [-0.25, -0.2) is 4.98 Å². The van der Waals surface area contributed by atoms with Crippen LogP contribution in [0.5, 0.6) is 5.75 Å². The minimum absolute atomic E-state index is 0.0190. The summed E-state index contributed by atoms with van der Waals surface area (Å²) in [5.41, 5.74) is 1.85. The van der Waals surface area contributed by atoms with E-state index in [4.69, 9.17) is 4.74 Å². The molecular weight excluding hydrogens is 314 g/mol. The Balaban J connectivity index is 1.49. The van der Waals surface area contributed by atoms with Gasteiger partial charge in [0.2, 0.25) is 0 Å². The van der Waals surface area contributed by atoms with Gasteiger partial charge in [0, 0.05) is 13.1 Å². The van der Waals surface area contributed by atoms with Crippen LogP contribution in [0.1, 0.15) is 25.3 Å². The number of pyridine rings is 1. The van der Waals surface area contributed by atoms with Gasteiger partial charge in [-0.2, -0.15) is 0 Å². The van der Waals surface area contributed by atoms with Crippen LogP contribution in [0, 0.1) is 12.8 Å². The second kappa shape index (κ2) is 8.01. The number of hydrogen-bond acceptors (Lipinski definition) is 4. The van der Waals surface area contributed by atoms with Gasteiger partial charge < -0.3 is 15.0 Å². The maximum atomic E-state index is 12.0. The first-order valence-corrected chi connectivity index (χ1v) is 8.80. The molecule has 132 valence electrons. The first-order valence-electron chi connectivity index (χ1n) is 8.80. The highest BCUT2D eigenvalue weighted by atomic mass is 16.5. The van der Waals surface area contributed by atoms with Crippen molar-refractivity contribution in [3.63, 3.8) is 0 Å². The van der Waals surface area contributed by atoms with Gasteiger partial charge in [-0.3, -0.25) is 4.79 Å². The lowest BCUT2D eigenvalue weighted by molar-refractivity contribution is -0.118. The van der Waals surface area contributed by atoms with Gasteiger partial charge in [-0.05, 0) is 49.9 Å². The molecule has 0 bridgehead atoms. The SMILES string of the molecule is Cc1ccc(OCC(=O)Nc2ccc(N3CCC(C)CC3)nc2)cc1. The van der Waals surface area contributed by atoms with E-state index < -0.39 is 0 Å². The maximum Gasteiger partial charge on any atom is 0.262 e. The molecule has 5 heteroatoms. The highest BCUT2D eigenvalue weighted by Crippen LogP contribution is 2.22. The number of benzene rings is 1. The summed E-state index contributed by atoms with van der Waals surface area (Å²) in [7, 11) is 0. The zero-order valence-corrected chi connectivity index (χ0v) is 14.9. The molecule has 3 rings (SSSR count). The second-order valence-electron chi connectivity index (χ2n) is 6.72. The number of rotatable bonds is 5. The van der Waals surface area contributed by atoms with Gasteiger partial charge >= 0.3 is 0 Å². The highest BCUT2D eigenvalue weighted by Gasteiger charge is 2.16. The molecule has 2 heterocycles. The molecular formula is C20H25N3O2. The number of nitrogens with zero attached hydrogens (tertiary/aromatic N) is 2. The summed E-state index contributed by atoms with van der Waals surface area (Å²) >= 11 is 0. The van der Waals surface area contributed by atoms with Crippen LogP contribution in [-0.4, -0.2) is 30.6 Å². The molecule has 1 aromatic carbocycles. The molecule has 1 N–H and O–H groups in total. The number of aryl methyl sites for hydroxylation is 1. The van der Waals surface area contributed by atoms with Gasteiger partial charge in [0.05, 0.1) is 11.9 Å². The molecule has 1 aromatic heterocycles. The number of amides is 1. The average Bonchev–Trinajstić information content (AvgIpc) is 2.63. The molecule has 1 saturated heterocycles. The van der Waals surface area contributed by atoms with Crippen LogP contribution in [-0.2, 0) is 4.79 Å². The van der Waals surface area contributed by atoms with Crippen LogP contribution in [0.3, 0.4) is 0 Å². The van der Waals surface area contributed by atoms with Crippen molar-refractivity contribution in [2.24, 2.45) is 5.92 Å². The minimum atomic E-state index is -0.193. The predicted octanol–water partition coefficient (Wildman–Crippen LogP) is 3.64. The quantitative estimate of drug-likeness (QED) is 0.903. The Hall–Kier alpha value is -2.56. The molecule has 0 saturated carbocycles. The molecule has 0 radical (unpaired) electrons. The Morgan fingerprint density at radius 2 is 1.92 bits per heavy atom. The van der Waals surface area contributed by atoms with Crippen molar-refractivity contribution in [2.75, 3.05) is 29.9 Å². The summed E-state index contributed by atoms with van der Waals surface area (Å²) in [5.74, 6) is 2.26. The molecule has 0 spiro atoms. The third-order valence-electron chi connectivity index (χ3n) is 4.53. The van der Waals surface area contributed by atoms with Crippen LogP contribution >= 0.6 is 0 Å². The summed E-state index contributed by atoms with van der Waals surface area (Å²) in [6.07, 6.45) is 4.12. The molecule has 1 aliphatic heterocycles. The fourth-order valence-corrected chi connectivity index (χ4v) is 2.87. The van der Waals surface area contributed by atoms with Crippen molar-refractivity contribution in [3.8, 4) is 5.75 Å². The minimum Gasteiger partial charge on any atom is -0.484 e. The topological polar surface area (TPSA) is 54.5 Å². The number of aromatic nitrogens is 1. The average molecular weight is 339 g/mol. The fourth-order valence-electron chi connectivity index (χ4n) is 2.87. The Bertz CT molecular complexity index is 690. The van der Waals surface area contributed by atoms with Crippen molar-refractivity contribution in [1.29, 1.82) is 0 Å². The van der Waals surface area contributed by atoms with E-state index in [1.165, 1.54) is 12.8 Å². The van der Waals surface area contributed by atoms with Crippen molar-refractivity contribution in [3.05, 3.63) is 48.2 Å². The summed E-state index contributed by atoms with van der Waals surface area (Å²) in [5, 5.41) is 2.82. The monoisotopic (exact) mass is 339 g/mol. The number of ether oxygens (including phenoxy) is 1. The van der Waals surface area contributed by atoms with E-state index >= 15 is 0 Å². The Labute approximate surface area is 149 Å². The van der Waals surface area contributed by atoms with Crippen LogP contribution in [0.25, 0.3) is 0 Å². The lowest BCUT2D eigenvalue weighted by Crippen LogP contribution is -2.33. The third-order valence-corrected chi connectivity index (χ3v) is 4.53. The van der Waals surface area contributed by atoms with Gasteiger partial charge in [-0.15, -0.1) is 0 Å². The lowest BCUT2D eigenvalue weighted by Gasteiger charge is -2.31. The summed E-state index contributed by atoms with van der Waals surface area (Å²) in [6, 6.07) is 11.5. The second-order valence-corrected chi connectivity index (χ2v) is 6.72. The van der Waals surface area contributed by atoms with Crippen molar-refractivity contribution in [2.45, 2.75) is 26.7 Å². The van der Waals surface area contributed by atoms with Crippen LogP contribution in [0.15, 0.2) is 42.6 Å². The molecule has 1 aliphatic rings. The van der Waals surface area contributed by atoms with E-state index in [-0.39, 0.29) is 12.5 Å². The first kappa shape index (κ1) is 17.3. The molecule has 2 aromatic rings. The molecule has 5 nitrogen and oxygen atoms in total. The third kappa shape index (κ3) is 4.95. The normalized spacial score (nSPS) is 15.0. The van der Waals surface area contributed by atoms with Gasteiger partial charge in [0.25, 0.3) is 5.91 Å². The van der Waals surface area contributed by atoms with Crippen LogP contribution in [0.2, 0.25) is 0 Å².